The van der Waals surface area contributed by atoms with Crippen LogP contribution in [0.2, 0.25) is 0 Å². The summed E-state index contributed by atoms with van der Waals surface area (Å²) in [7, 11) is 0. The van der Waals surface area contributed by atoms with E-state index >= 15 is 0 Å². The number of rotatable bonds is 6. The first-order chi connectivity index (χ1) is 9.72. The van der Waals surface area contributed by atoms with Gasteiger partial charge in [-0.3, -0.25) is 0 Å². The predicted octanol–water partition coefficient (Wildman–Crippen LogP) is 2.86. The van der Waals surface area contributed by atoms with Crippen LogP contribution < -0.4 is 9.47 Å². The lowest BCUT2D eigenvalue weighted by Crippen LogP contribution is -1.98. The largest absolute Gasteiger partial charge is 0.494 e. The Kier molecular flexibility index (Phi) is 4.90. The zero-order valence-corrected chi connectivity index (χ0v) is 11.7. The molecule has 1 aromatic carbocycles. The standard InChI is InChI=1S/C15H18N2O3/c1-3-8-19-13-4-6-14(7-5-13)20-15-16-9-12(10-18)11(2)17-15/h4-7,9,18H,3,8,10H2,1-2H3. The molecule has 5 nitrogen and oxygen atoms in total. The summed E-state index contributed by atoms with van der Waals surface area (Å²) in [6.45, 7) is 4.50. The smallest absolute Gasteiger partial charge is 0.322 e. The molecular formula is C15H18N2O3. The van der Waals surface area contributed by atoms with Gasteiger partial charge in [0.1, 0.15) is 11.5 Å². The molecule has 20 heavy (non-hydrogen) atoms. The Labute approximate surface area is 118 Å². The lowest BCUT2D eigenvalue weighted by Gasteiger charge is -2.08. The highest BCUT2D eigenvalue weighted by molar-refractivity contribution is 5.33. The molecule has 5 heteroatoms. The minimum Gasteiger partial charge on any atom is -0.494 e. The van der Waals surface area contributed by atoms with Crippen molar-refractivity contribution in [3.63, 3.8) is 0 Å². The summed E-state index contributed by atoms with van der Waals surface area (Å²) in [4.78, 5) is 8.24. The molecule has 2 rings (SSSR count). The second kappa shape index (κ2) is 6.86. The molecule has 0 aliphatic rings. The summed E-state index contributed by atoms with van der Waals surface area (Å²) in [6, 6.07) is 7.58. The number of aromatic nitrogens is 2. The molecule has 0 spiro atoms. The Balaban J connectivity index is 2.04. The summed E-state index contributed by atoms with van der Waals surface area (Å²) < 4.78 is 11.1. The Morgan fingerprint density at radius 3 is 2.45 bits per heavy atom. The first kappa shape index (κ1) is 14.3. The number of nitrogens with zero attached hydrogens (tertiary/aromatic N) is 2. The number of benzene rings is 1. The van der Waals surface area contributed by atoms with E-state index in [1.165, 1.54) is 0 Å². The third-order valence-electron chi connectivity index (χ3n) is 2.73. The Morgan fingerprint density at radius 2 is 1.85 bits per heavy atom. The molecule has 106 valence electrons. The molecular weight excluding hydrogens is 256 g/mol. The fourth-order valence-electron chi connectivity index (χ4n) is 1.60. The van der Waals surface area contributed by atoms with E-state index < -0.39 is 0 Å². The maximum absolute atomic E-state index is 9.07. The predicted molar refractivity (Wildman–Crippen MR) is 75.0 cm³/mol. The first-order valence-electron chi connectivity index (χ1n) is 6.57. The van der Waals surface area contributed by atoms with Gasteiger partial charge in [-0.1, -0.05) is 6.92 Å². The van der Waals surface area contributed by atoms with Gasteiger partial charge >= 0.3 is 6.01 Å². The Bertz CT molecular complexity index is 556. The molecule has 0 unspecified atom stereocenters. The van der Waals surface area contributed by atoms with Gasteiger partial charge in [-0.2, -0.15) is 4.98 Å². The van der Waals surface area contributed by atoms with E-state index in [2.05, 4.69) is 16.9 Å². The average molecular weight is 274 g/mol. The van der Waals surface area contributed by atoms with E-state index in [1.807, 2.05) is 31.2 Å². The molecule has 0 aliphatic carbocycles. The van der Waals surface area contributed by atoms with Gasteiger partial charge in [0.15, 0.2) is 0 Å². The molecule has 0 fully saturated rings. The van der Waals surface area contributed by atoms with Gasteiger partial charge in [0.2, 0.25) is 0 Å². The highest BCUT2D eigenvalue weighted by atomic mass is 16.5. The summed E-state index contributed by atoms with van der Waals surface area (Å²) in [5.41, 5.74) is 1.40. The molecule has 0 atom stereocenters. The summed E-state index contributed by atoms with van der Waals surface area (Å²) in [5, 5.41) is 9.07. The fourth-order valence-corrected chi connectivity index (χ4v) is 1.60. The van der Waals surface area contributed by atoms with Crippen LogP contribution in [0.5, 0.6) is 17.5 Å². The maximum atomic E-state index is 9.07. The highest BCUT2D eigenvalue weighted by Gasteiger charge is 2.05. The minimum absolute atomic E-state index is 0.0738. The van der Waals surface area contributed by atoms with Crippen LogP contribution >= 0.6 is 0 Å². The molecule has 1 N–H and O–H groups in total. The van der Waals surface area contributed by atoms with Crippen LogP contribution in [0.25, 0.3) is 0 Å². The molecule has 1 aromatic heterocycles. The Hall–Kier alpha value is -2.14. The zero-order valence-electron chi connectivity index (χ0n) is 11.7. The van der Waals surface area contributed by atoms with Crippen LogP contribution in [0, 0.1) is 6.92 Å². The van der Waals surface area contributed by atoms with Crippen molar-refractivity contribution >= 4 is 0 Å². The van der Waals surface area contributed by atoms with Gasteiger partial charge in [0.05, 0.1) is 18.9 Å². The van der Waals surface area contributed by atoms with Crippen LogP contribution in [0.4, 0.5) is 0 Å². The van der Waals surface area contributed by atoms with Crippen molar-refractivity contribution in [1.29, 1.82) is 0 Å². The number of hydrogen-bond donors (Lipinski definition) is 1. The maximum Gasteiger partial charge on any atom is 0.322 e. The quantitative estimate of drug-likeness (QED) is 0.877. The van der Waals surface area contributed by atoms with Crippen LogP contribution in [0.3, 0.4) is 0 Å². The molecule has 0 radical (unpaired) electrons. The summed E-state index contributed by atoms with van der Waals surface area (Å²) in [6.07, 6.45) is 2.54. The molecule has 0 saturated heterocycles. The lowest BCUT2D eigenvalue weighted by atomic mass is 10.3. The number of aryl methyl sites for hydroxylation is 1. The summed E-state index contributed by atoms with van der Waals surface area (Å²) in [5.74, 6) is 1.46. The molecule has 0 bridgehead atoms. The Morgan fingerprint density at radius 1 is 1.15 bits per heavy atom. The molecule has 0 aliphatic heterocycles. The van der Waals surface area contributed by atoms with Crippen molar-refractivity contribution in [2.24, 2.45) is 0 Å². The van der Waals surface area contributed by atoms with E-state index in [-0.39, 0.29) is 12.6 Å². The number of aliphatic hydroxyl groups excluding tert-OH is 1. The minimum atomic E-state index is -0.0738. The fraction of sp³-hybridized carbons (Fsp3) is 0.333. The lowest BCUT2D eigenvalue weighted by molar-refractivity contribution is 0.279. The third kappa shape index (κ3) is 3.68. The molecule has 0 amide bonds. The number of ether oxygens (including phenoxy) is 2. The van der Waals surface area contributed by atoms with E-state index in [0.717, 1.165) is 12.2 Å². The van der Waals surface area contributed by atoms with Crippen LogP contribution in [-0.2, 0) is 6.61 Å². The van der Waals surface area contributed by atoms with Gasteiger partial charge in [-0.05, 0) is 37.6 Å². The van der Waals surface area contributed by atoms with Gasteiger partial charge < -0.3 is 14.6 Å². The molecule has 1 heterocycles. The van der Waals surface area contributed by atoms with Crippen molar-refractivity contribution in [3.8, 4) is 17.5 Å². The van der Waals surface area contributed by atoms with Gasteiger partial charge in [-0.15, -0.1) is 0 Å². The van der Waals surface area contributed by atoms with Gasteiger partial charge in [0, 0.05) is 11.8 Å². The molecule has 2 aromatic rings. The SMILES string of the molecule is CCCOc1ccc(Oc2ncc(CO)c(C)n2)cc1. The topological polar surface area (TPSA) is 64.5 Å². The van der Waals surface area contributed by atoms with Gasteiger partial charge in [0.25, 0.3) is 0 Å². The number of hydrogen-bond acceptors (Lipinski definition) is 5. The zero-order chi connectivity index (χ0) is 14.4. The normalized spacial score (nSPS) is 10.3. The second-order valence-electron chi connectivity index (χ2n) is 4.34. The van der Waals surface area contributed by atoms with Gasteiger partial charge in [-0.25, -0.2) is 4.98 Å². The van der Waals surface area contributed by atoms with Crippen molar-refractivity contribution in [3.05, 3.63) is 41.7 Å². The van der Waals surface area contributed by atoms with E-state index in [4.69, 9.17) is 14.6 Å². The van der Waals surface area contributed by atoms with Crippen LogP contribution in [0.1, 0.15) is 24.6 Å². The van der Waals surface area contributed by atoms with Crippen molar-refractivity contribution in [2.75, 3.05) is 6.61 Å². The molecule has 0 saturated carbocycles. The third-order valence-corrected chi connectivity index (χ3v) is 2.73. The van der Waals surface area contributed by atoms with Crippen molar-refractivity contribution < 1.29 is 14.6 Å². The van der Waals surface area contributed by atoms with Crippen LogP contribution in [0.15, 0.2) is 30.5 Å². The van der Waals surface area contributed by atoms with Crippen molar-refractivity contribution in [1.82, 2.24) is 9.97 Å². The number of aliphatic hydroxyl groups is 1. The summed E-state index contributed by atoms with van der Waals surface area (Å²) >= 11 is 0. The van der Waals surface area contributed by atoms with Crippen molar-refractivity contribution in [2.45, 2.75) is 26.9 Å². The second-order valence-corrected chi connectivity index (χ2v) is 4.34. The average Bonchev–Trinajstić information content (AvgIpc) is 2.47. The monoisotopic (exact) mass is 274 g/mol. The van der Waals surface area contributed by atoms with E-state index in [1.54, 1.807) is 6.20 Å². The van der Waals surface area contributed by atoms with Crippen LogP contribution in [-0.4, -0.2) is 21.7 Å². The van der Waals surface area contributed by atoms with E-state index in [0.29, 0.717) is 23.6 Å². The highest BCUT2D eigenvalue weighted by Crippen LogP contribution is 2.22. The van der Waals surface area contributed by atoms with E-state index in [9.17, 15) is 0 Å². The first-order valence-corrected chi connectivity index (χ1v) is 6.57.